The predicted molar refractivity (Wildman–Crippen MR) is 49.8 cm³/mol. The second kappa shape index (κ2) is 5.40. The molecule has 10 heavy (non-hydrogen) atoms. The normalized spacial score (nSPS) is 8.00. The lowest BCUT2D eigenvalue weighted by Gasteiger charge is -1.90. The molecule has 0 heterocycles. The first-order valence-electron chi connectivity index (χ1n) is 3.15. The van der Waals surface area contributed by atoms with Crippen molar-refractivity contribution in [2.75, 3.05) is 0 Å². The Hall–Kier alpha value is -0.390. The van der Waals surface area contributed by atoms with Crippen LogP contribution in [-0.2, 0) is 0 Å². The van der Waals surface area contributed by atoms with Crippen LogP contribution in [0.3, 0.4) is 0 Å². The van der Waals surface area contributed by atoms with E-state index in [1.165, 1.54) is 11.1 Å². The second-order valence-corrected chi connectivity index (χ2v) is 2.15. The van der Waals surface area contributed by atoms with Gasteiger partial charge in [0.15, 0.2) is 0 Å². The molecule has 0 aliphatic heterocycles. The first-order valence-corrected chi connectivity index (χ1v) is 3.82. The molecule has 1 aromatic carbocycles. The maximum absolute atomic E-state index is 4.42. The molecule has 0 fully saturated rings. The highest BCUT2D eigenvalue weighted by molar-refractivity contribution is 7.13. The van der Waals surface area contributed by atoms with Crippen LogP contribution in [0.1, 0.15) is 11.1 Å². The zero-order valence-electron chi connectivity index (χ0n) is 6.46. The summed E-state index contributed by atoms with van der Waals surface area (Å²) in [6, 6.07) is 8.48. The summed E-state index contributed by atoms with van der Waals surface area (Å²) in [5.74, 6) is 0. The molecule has 2 heteroatoms. The van der Waals surface area contributed by atoms with E-state index in [1.807, 2.05) is 9.39 Å². The van der Waals surface area contributed by atoms with Gasteiger partial charge in [-0.2, -0.15) is 0 Å². The summed E-state index contributed by atoms with van der Waals surface area (Å²) >= 11 is 0. The Bertz CT molecular complexity index is 148. The first kappa shape index (κ1) is 9.61. The molecule has 0 aromatic heterocycles. The minimum Gasteiger partial charge on any atom is -0.314 e. The van der Waals surface area contributed by atoms with E-state index in [0.717, 1.165) is 0 Å². The molecule has 0 aliphatic carbocycles. The van der Waals surface area contributed by atoms with E-state index in [9.17, 15) is 0 Å². The Balaban J connectivity index is 0.000000371. The lowest BCUT2D eigenvalue weighted by atomic mass is 10.2. The molecule has 1 atom stereocenters. The van der Waals surface area contributed by atoms with Crippen LogP contribution in [0.25, 0.3) is 0 Å². The number of hydrogen-bond donors (Lipinski definition) is 1. The van der Waals surface area contributed by atoms with Crippen molar-refractivity contribution in [3.8, 4) is 0 Å². The molecule has 0 spiro atoms. The number of nitrogens with two attached hydrogens (primary N) is 1. The van der Waals surface area contributed by atoms with Crippen LogP contribution in [0.4, 0.5) is 0 Å². The van der Waals surface area contributed by atoms with Crippen molar-refractivity contribution in [2.45, 2.75) is 13.8 Å². The molecule has 1 aromatic rings. The topological polar surface area (TPSA) is 26.0 Å². The Morgan fingerprint density at radius 1 is 0.900 bits per heavy atom. The van der Waals surface area contributed by atoms with Gasteiger partial charge in [0.05, 0.1) is 0 Å². The molecule has 2 N–H and O–H groups in total. The van der Waals surface area contributed by atoms with E-state index in [4.69, 9.17) is 0 Å². The van der Waals surface area contributed by atoms with Gasteiger partial charge in [-0.1, -0.05) is 44.8 Å². The van der Waals surface area contributed by atoms with Gasteiger partial charge in [-0.15, -0.1) is 0 Å². The summed E-state index contributed by atoms with van der Waals surface area (Å²) in [5.41, 5.74) is 7.08. The van der Waals surface area contributed by atoms with Gasteiger partial charge < -0.3 is 5.50 Å². The van der Waals surface area contributed by atoms with Crippen LogP contribution < -0.4 is 5.50 Å². The van der Waals surface area contributed by atoms with Crippen LogP contribution in [0.2, 0.25) is 0 Å². The Morgan fingerprint density at radius 3 is 1.30 bits per heavy atom. The summed E-state index contributed by atoms with van der Waals surface area (Å²) in [7, 11) is 1.92. The molecule has 1 unspecified atom stereocenters. The average molecular weight is 155 g/mol. The third-order valence-electron chi connectivity index (χ3n) is 1.22. The lowest BCUT2D eigenvalue weighted by Crippen LogP contribution is -1.70. The zero-order valence-corrected chi connectivity index (χ0v) is 7.62. The average Bonchev–Trinajstić information content (AvgIpc) is 2.00. The van der Waals surface area contributed by atoms with Gasteiger partial charge in [0, 0.05) is 0 Å². The highest BCUT2D eigenvalue weighted by Crippen LogP contribution is 1.99. The summed E-state index contributed by atoms with van der Waals surface area (Å²) in [6.07, 6.45) is 0. The summed E-state index contributed by atoms with van der Waals surface area (Å²) in [4.78, 5) is 0. The Morgan fingerprint density at radius 2 is 1.10 bits per heavy atom. The maximum atomic E-state index is 4.42. The van der Waals surface area contributed by atoms with E-state index >= 15 is 0 Å². The monoisotopic (exact) mass is 155 g/mol. The van der Waals surface area contributed by atoms with Crippen LogP contribution in [-0.4, -0.2) is 0 Å². The highest BCUT2D eigenvalue weighted by atomic mass is 31.0. The fraction of sp³-hybridized carbons (Fsp3) is 0.250. The molecular formula is C8H14NP. The third kappa shape index (κ3) is 3.60. The third-order valence-corrected chi connectivity index (χ3v) is 1.22. The summed E-state index contributed by atoms with van der Waals surface area (Å²) < 4.78 is 0. The quantitative estimate of drug-likeness (QED) is 0.570. The molecule has 1 nitrogen and oxygen atoms in total. The van der Waals surface area contributed by atoms with Crippen LogP contribution >= 0.6 is 9.39 Å². The van der Waals surface area contributed by atoms with Gasteiger partial charge in [-0.3, -0.25) is 0 Å². The number of rotatable bonds is 0. The SMILES string of the molecule is Cc1ccc(C)cc1.NP. The number of benzene rings is 1. The van der Waals surface area contributed by atoms with Crippen molar-refractivity contribution < 1.29 is 0 Å². The number of aryl methyl sites for hydroxylation is 2. The van der Waals surface area contributed by atoms with Gasteiger partial charge in [0.1, 0.15) is 0 Å². The molecule has 0 saturated heterocycles. The fourth-order valence-electron chi connectivity index (χ4n) is 0.637. The molecule has 0 aliphatic rings. The van der Waals surface area contributed by atoms with E-state index < -0.39 is 0 Å². The van der Waals surface area contributed by atoms with E-state index in [2.05, 4.69) is 43.6 Å². The Kier molecular flexibility index (Phi) is 5.19. The molecule has 0 bridgehead atoms. The standard InChI is InChI=1S/C8H10.H4NP/c1-7-3-5-8(2)6-4-7;1-2/h3-6H,1-2H3;1-2H2. The zero-order chi connectivity index (χ0) is 7.98. The number of hydrogen-bond acceptors (Lipinski definition) is 1. The van der Waals surface area contributed by atoms with Crippen molar-refractivity contribution in [1.82, 2.24) is 0 Å². The van der Waals surface area contributed by atoms with Crippen molar-refractivity contribution >= 4 is 9.39 Å². The minimum atomic E-state index is 1.33. The maximum Gasteiger partial charge on any atom is -0.0398 e. The van der Waals surface area contributed by atoms with E-state index in [0.29, 0.717) is 0 Å². The van der Waals surface area contributed by atoms with Crippen molar-refractivity contribution in [2.24, 2.45) is 5.50 Å². The van der Waals surface area contributed by atoms with E-state index in [-0.39, 0.29) is 0 Å². The summed E-state index contributed by atoms with van der Waals surface area (Å²) in [5, 5.41) is 0. The second-order valence-electron chi connectivity index (χ2n) is 2.15. The highest BCUT2D eigenvalue weighted by Gasteiger charge is 1.79. The Labute approximate surface area is 64.9 Å². The first-order chi connectivity index (χ1) is 4.79. The van der Waals surface area contributed by atoms with Gasteiger partial charge in [-0.25, -0.2) is 0 Å². The van der Waals surface area contributed by atoms with Crippen molar-refractivity contribution in [1.29, 1.82) is 0 Å². The van der Waals surface area contributed by atoms with Crippen molar-refractivity contribution in [3.05, 3.63) is 35.4 Å². The summed E-state index contributed by atoms with van der Waals surface area (Å²) in [6.45, 7) is 4.19. The molecular weight excluding hydrogens is 141 g/mol. The molecule has 0 saturated carbocycles. The van der Waals surface area contributed by atoms with Gasteiger partial charge >= 0.3 is 0 Å². The minimum absolute atomic E-state index is 1.33. The van der Waals surface area contributed by atoms with Crippen molar-refractivity contribution in [3.63, 3.8) is 0 Å². The van der Waals surface area contributed by atoms with Crippen LogP contribution in [0, 0.1) is 13.8 Å². The van der Waals surface area contributed by atoms with E-state index in [1.54, 1.807) is 0 Å². The molecule has 1 rings (SSSR count). The molecule has 56 valence electrons. The predicted octanol–water partition coefficient (Wildman–Crippen LogP) is 2.04. The van der Waals surface area contributed by atoms with Crippen LogP contribution in [0.5, 0.6) is 0 Å². The van der Waals surface area contributed by atoms with Gasteiger partial charge in [0.2, 0.25) is 0 Å². The smallest absolute Gasteiger partial charge is 0.0398 e. The van der Waals surface area contributed by atoms with Crippen LogP contribution in [0.15, 0.2) is 24.3 Å². The van der Waals surface area contributed by atoms with Gasteiger partial charge in [-0.05, 0) is 13.8 Å². The molecule has 0 radical (unpaired) electrons. The largest absolute Gasteiger partial charge is 0.314 e. The molecule has 0 amide bonds. The fourth-order valence-corrected chi connectivity index (χ4v) is 0.637. The lowest BCUT2D eigenvalue weighted by molar-refractivity contribution is 1.40. The van der Waals surface area contributed by atoms with Gasteiger partial charge in [0.25, 0.3) is 0 Å².